The van der Waals surface area contributed by atoms with Crippen molar-refractivity contribution in [2.24, 2.45) is 0 Å². The van der Waals surface area contributed by atoms with Crippen LogP contribution in [0.2, 0.25) is 0 Å². The van der Waals surface area contributed by atoms with E-state index in [-0.39, 0.29) is 11.7 Å². The Morgan fingerprint density at radius 2 is 2.00 bits per heavy atom. The Bertz CT molecular complexity index is 377. The second-order valence-corrected chi connectivity index (χ2v) is 4.14. The lowest BCUT2D eigenvalue weighted by molar-refractivity contribution is 0.0826. The molecule has 1 aromatic carbocycles. The summed E-state index contributed by atoms with van der Waals surface area (Å²) in [6.07, 6.45) is 0. The molecule has 76 valence electrons. The van der Waals surface area contributed by atoms with E-state index in [4.69, 9.17) is 0 Å². The second-order valence-electron chi connectivity index (χ2n) is 3.28. The minimum atomic E-state index is -0.313. The smallest absolute Gasteiger partial charge is 0.254 e. The van der Waals surface area contributed by atoms with Crippen molar-refractivity contribution in [3.05, 3.63) is 33.5 Å². The zero-order chi connectivity index (χ0) is 10.9. The van der Waals surface area contributed by atoms with Crippen LogP contribution in [0.3, 0.4) is 0 Å². The summed E-state index contributed by atoms with van der Waals surface area (Å²) in [4.78, 5) is 13.1. The topological polar surface area (TPSA) is 20.3 Å². The Hall–Kier alpha value is -0.900. The van der Waals surface area contributed by atoms with Crippen molar-refractivity contribution in [3.8, 4) is 0 Å². The van der Waals surface area contributed by atoms with E-state index in [0.29, 0.717) is 15.6 Å². The van der Waals surface area contributed by atoms with E-state index >= 15 is 0 Å². The van der Waals surface area contributed by atoms with Crippen LogP contribution in [0.1, 0.15) is 15.9 Å². The summed E-state index contributed by atoms with van der Waals surface area (Å²) in [7, 11) is 3.32. The second kappa shape index (κ2) is 4.09. The molecular formula is C10H11BrFNO. The maximum atomic E-state index is 13.1. The number of benzene rings is 1. The lowest BCUT2D eigenvalue weighted by Gasteiger charge is -2.12. The third kappa shape index (κ3) is 2.12. The first-order valence-corrected chi connectivity index (χ1v) is 4.90. The quantitative estimate of drug-likeness (QED) is 0.760. The van der Waals surface area contributed by atoms with Gasteiger partial charge in [-0.2, -0.15) is 0 Å². The molecule has 0 aromatic heterocycles. The first kappa shape index (κ1) is 11.2. The van der Waals surface area contributed by atoms with Gasteiger partial charge in [0.25, 0.3) is 5.91 Å². The Balaban J connectivity index is 3.22. The molecular weight excluding hydrogens is 249 g/mol. The average Bonchev–Trinajstić information content (AvgIpc) is 2.10. The van der Waals surface area contributed by atoms with Gasteiger partial charge in [-0.15, -0.1) is 0 Å². The molecule has 0 saturated heterocycles. The van der Waals surface area contributed by atoms with Crippen LogP contribution >= 0.6 is 15.9 Å². The fourth-order valence-corrected chi connectivity index (χ4v) is 1.55. The summed E-state index contributed by atoms with van der Waals surface area (Å²) in [6, 6.07) is 2.85. The van der Waals surface area contributed by atoms with Gasteiger partial charge in [0.15, 0.2) is 0 Å². The number of aryl methyl sites for hydroxylation is 1. The monoisotopic (exact) mass is 259 g/mol. The maximum Gasteiger partial charge on any atom is 0.254 e. The fraction of sp³-hybridized carbons (Fsp3) is 0.300. The van der Waals surface area contributed by atoms with Gasteiger partial charge in [-0.1, -0.05) is 0 Å². The molecule has 1 rings (SSSR count). The van der Waals surface area contributed by atoms with Crippen LogP contribution in [0.5, 0.6) is 0 Å². The van der Waals surface area contributed by atoms with Crippen molar-refractivity contribution in [1.82, 2.24) is 4.90 Å². The van der Waals surface area contributed by atoms with Gasteiger partial charge in [-0.3, -0.25) is 4.79 Å². The number of carbonyl (C=O) groups is 1. The van der Waals surface area contributed by atoms with Crippen molar-refractivity contribution in [1.29, 1.82) is 0 Å². The van der Waals surface area contributed by atoms with Gasteiger partial charge >= 0.3 is 0 Å². The number of rotatable bonds is 1. The van der Waals surface area contributed by atoms with Gasteiger partial charge in [0.1, 0.15) is 5.82 Å². The number of hydrogen-bond acceptors (Lipinski definition) is 1. The van der Waals surface area contributed by atoms with Gasteiger partial charge in [0.05, 0.1) is 5.56 Å². The molecule has 0 aliphatic rings. The lowest BCUT2D eigenvalue weighted by Crippen LogP contribution is -2.22. The lowest BCUT2D eigenvalue weighted by atomic mass is 10.1. The molecule has 0 radical (unpaired) electrons. The molecule has 0 atom stereocenters. The Morgan fingerprint density at radius 1 is 1.43 bits per heavy atom. The highest BCUT2D eigenvalue weighted by Gasteiger charge is 2.13. The zero-order valence-electron chi connectivity index (χ0n) is 8.27. The van der Waals surface area contributed by atoms with E-state index < -0.39 is 0 Å². The van der Waals surface area contributed by atoms with Crippen LogP contribution in [0.4, 0.5) is 4.39 Å². The minimum Gasteiger partial charge on any atom is -0.345 e. The first-order chi connectivity index (χ1) is 6.43. The van der Waals surface area contributed by atoms with Gasteiger partial charge < -0.3 is 4.90 Å². The van der Waals surface area contributed by atoms with Gasteiger partial charge in [-0.25, -0.2) is 4.39 Å². The summed E-state index contributed by atoms with van der Waals surface area (Å²) in [5, 5.41) is 0. The molecule has 4 heteroatoms. The standard InChI is InChI=1S/C10H11BrFNO/c1-6-4-7(10(14)13(2)3)8(11)5-9(6)12/h4-5H,1-3H3. The van der Waals surface area contributed by atoms with Crippen LogP contribution in [-0.2, 0) is 0 Å². The molecule has 1 aromatic rings. The molecule has 0 heterocycles. The van der Waals surface area contributed by atoms with Crippen molar-refractivity contribution >= 4 is 21.8 Å². The van der Waals surface area contributed by atoms with Crippen molar-refractivity contribution in [3.63, 3.8) is 0 Å². The Kier molecular flexibility index (Phi) is 3.26. The van der Waals surface area contributed by atoms with Crippen LogP contribution in [-0.4, -0.2) is 24.9 Å². The summed E-state index contributed by atoms with van der Waals surface area (Å²) >= 11 is 3.16. The summed E-state index contributed by atoms with van der Waals surface area (Å²) in [5.74, 6) is -0.452. The number of halogens is 2. The highest BCUT2D eigenvalue weighted by atomic mass is 79.9. The van der Waals surface area contributed by atoms with Crippen LogP contribution in [0.15, 0.2) is 16.6 Å². The van der Waals surface area contributed by atoms with E-state index in [0.717, 1.165) is 0 Å². The van der Waals surface area contributed by atoms with E-state index in [1.54, 1.807) is 27.1 Å². The van der Waals surface area contributed by atoms with Gasteiger partial charge in [-0.05, 0) is 40.5 Å². The third-order valence-corrected chi connectivity index (χ3v) is 2.54. The Labute approximate surface area is 90.8 Å². The molecule has 0 saturated carbocycles. The number of amides is 1. The molecule has 2 nitrogen and oxygen atoms in total. The van der Waals surface area contributed by atoms with Crippen molar-refractivity contribution in [2.45, 2.75) is 6.92 Å². The number of nitrogens with zero attached hydrogens (tertiary/aromatic N) is 1. The largest absolute Gasteiger partial charge is 0.345 e. The molecule has 0 aliphatic heterocycles. The van der Waals surface area contributed by atoms with Gasteiger partial charge in [0.2, 0.25) is 0 Å². The van der Waals surface area contributed by atoms with Crippen LogP contribution < -0.4 is 0 Å². The summed E-state index contributed by atoms with van der Waals surface area (Å²) in [6.45, 7) is 1.63. The predicted molar refractivity (Wildman–Crippen MR) is 56.9 cm³/mol. The van der Waals surface area contributed by atoms with Crippen molar-refractivity contribution in [2.75, 3.05) is 14.1 Å². The van der Waals surface area contributed by atoms with Crippen LogP contribution in [0, 0.1) is 12.7 Å². The van der Waals surface area contributed by atoms with E-state index in [1.807, 2.05) is 0 Å². The molecule has 1 amide bonds. The van der Waals surface area contributed by atoms with E-state index in [2.05, 4.69) is 15.9 Å². The van der Waals surface area contributed by atoms with Crippen LogP contribution in [0.25, 0.3) is 0 Å². The molecule has 0 bridgehead atoms. The van der Waals surface area contributed by atoms with E-state index in [1.165, 1.54) is 11.0 Å². The molecule has 0 spiro atoms. The molecule has 0 aliphatic carbocycles. The summed E-state index contributed by atoms with van der Waals surface area (Å²) < 4.78 is 13.6. The number of hydrogen-bond donors (Lipinski definition) is 0. The Morgan fingerprint density at radius 3 is 2.50 bits per heavy atom. The summed E-state index contributed by atoms with van der Waals surface area (Å²) in [5.41, 5.74) is 0.951. The number of carbonyl (C=O) groups excluding carboxylic acids is 1. The average molecular weight is 260 g/mol. The predicted octanol–water partition coefficient (Wildman–Crippen LogP) is 2.60. The highest BCUT2D eigenvalue weighted by Crippen LogP contribution is 2.21. The SMILES string of the molecule is Cc1cc(C(=O)N(C)C)c(Br)cc1F. The zero-order valence-corrected chi connectivity index (χ0v) is 9.85. The molecule has 0 N–H and O–H groups in total. The first-order valence-electron chi connectivity index (χ1n) is 4.10. The normalized spacial score (nSPS) is 10.1. The van der Waals surface area contributed by atoms with E-state index in [9.17, 15) is 9.18 Å². The van der Waals surface area contributed by atoms with Gasteiger partial charge in [0, 0.05) is 18.6 Å². The maximum absolute atomic E-state index is 13.1. The molecule has 0 unspecified atom stereocenters. The minimum absolute atomic E-state index is 0.139. The molecule has 0 fully saturated rings. The third-order valence-electron chi connectivity index (χ3n) is 1.88. The molecule has 14 heavy (non-hydrogen) atoms. The van der Waals surface area contributed by atoms with Crippen molar-refractivity contribution < 1.29 is 9.18 Å². The highest BCUT2D eigenvalue weighted by molar-refractivity contribution is 9.10. The fourth-order valence-electron chi connectivity index (χ4n) is 1.06.